The quantitative estimate of drug-likeness (QED) is 0.799. The highest BCUT2D eigenvalue weighted by Crippen LogP contribution is 2.29. The van der Waals surface area contributed by atoms with Gasteiger partial charge in [-0.15, -0.1) is 0 Å². The van der Waals surface area contributed by atoms with Gasteiger partial charge < -0.3 is 5.32 Å². The molecule has 1 saturated carbocycles. The van der Waals surface area contributed by atoms with Crippen molar-refractivity contribution >= 4 is 16.7 Å². The van der Waals surface area contributed by atoms with Crippen molar-refractivity contribution in [2.75, 3.05) is 0 Å². The Balaban J connectivity index is 1.76. The molecule has 1 heterocycles. The summed E-state index contributed by atoms with van der Waals surface area (Å²) in [6.45, 7) is 4.03. The topological polar surface area (TPSA) is 54.9 Å². The number of fused-ring (bicyclic) bond motifs is 1. The number of carbonyl (C=O) groups is 1. The summed E-state index contributed by atoms with van der Waals surface area (Å²) in [4.78, 5) is 12.3. The second-order valence-electron chi connectivity index (χ2n) is 6.51. The average Bonchev–Trinajstić information content (AvgIpc) is 3.39. The Bertz CT molecular complexity index is 945. The first-order valence-corrected chi connectivity index (χ1v) is 8.26. The summed E-state index contributed by atoms with van der Waals surface area (Å²) < 4.78 is 0. The molecule has 1 N–H and O–H groups in total. The van der Waals surface area contributed by atoms with E-state index in [4.69, 9.17) is 0 Å². The number of aryl methyl sites for hydroxylation is 2. The molecule has 1 fully saturated rings. The van der Waals surface area contributed by atoms with Crippen molar-refractivity contribution in [3.63, 3.8) is 0 Å². The van der Waals surface area contributed by atoms with Gasteiger partial charge in [0.2, 0.25) is 0 Å². The summed E-state index contributed by atoms with van der Waals surface area (Å²) in [6, 6.07) is 12.5. The van der Waals surface area contributed by atoms with E-state index >= 15 is 0 Å². The van der Waals surface area contributed by atoms with E-state index < -0.39 is 0 Å². The summed E-state index contributed by atoms with van der Waals surface area (Å²) in [6.07, 6.45) is 3.97. The number of aromatic nitrogens is 2. The van der Waals surface area contributed by atoms with E-state index in [1.807, 2.05) is 25.1 Å². The predicted octanol–water partition coefficient (Wildman–Crippen LogP) is 3.81. The second-order valence-corrected chi connectivity index (χ2v) is 6.51. The molecule has 4 heteroatoms. The Kier molecular flexibility index (Phi) is 3.53. The fourth-order valence-corrected chi connectivity index (χ4v) is 2.97. The van der Waals surface area contributed by atoms with Crippen molar-refractivity contribution in [2.24, 2.45) is 0 Å². The first-order chi connectivity index (χ1) is 11.6. The highest BCUT2D eigenvalue weighted by atomic mass is 16.1. The first-order valence-electron chi connectivity index (χ1n) is 8.26. The van der Waals surface area contributed by atoms with Crippen molar-refractivity contribution in [2.45, 2.75) is 32.7 Å². The minimum atomic E-state index is 0.0150. The third kappa shape index (κ3) is 2.75. The van der Waals surface area contributed by atoms with Crippen LogP contribution in [0.5, 0.6) is 0 Å². The van der Waals surface area contributed by atoms with Gasteiger partial charge in [0.1, 0.15) is 0 Å². The van der Waals surface area contributed by atoms with E-state index in [2.05, 4.69) is 40.6 Å². The molecule has 1 aromatic heterocycles. The average molecular weight is 317 g/mol. The van der Waals surface area contributed by atoms with Gasteiger partial charge in [-0.25, -0.2) is 0 Å². The molecule has 120 valence electrons. The van der Waals surface area contributed by atoms with Gasteiger partial charge in [-0.3, -0.25) is 4.79 Å². The van der Waals surface area contributed by atoms with Crippen LogP contribution in [0.2, 0.25) is 0 Å². The summed E-state index contributed by atoms with van der Waals surface area (Å²) in [5.74, 6) is 0.0150. The molecule has 0 atom stereocenters. The number of rotatable bonds is 3. The molecule has 1 aliphatic carbocycles. The lowest BCUT2D eigenvalue weighted by Gasteiger charge is -2.11. The number of hydrogen-bond donors (Lipinski definition) is 1. The standard InChI is InChI=1S/C20H19N3O/c1-12-3-4-15(20(24)22-17-6-7-17)10-19(12)14-5-8-18-13(2)23-21-11-16(18)9-14/h3-5,8-11,17H,6-7H2,1-2H3,(H,22,24). The van der Waals surface area contributed by atoms with Gasteiger partial charge in [0.05, 0.1) is 11.9 Å². The highest BCUT2D eigenvalue weighted by Gasteiger charge is 2.24. The van der Waals surface area contributed by atoms with Gasteiger partial charge in [0.25, 0.3) is 5.91 Å². The Hall–Kier alpha value is -2.75. The minimum Gasteiger partial charge on any atom is -0.349 e. The van der Waals surface area contributed by atoms with Crippen LogP contribution in [0.3, 0.4) is 0 Å². The number of nitrogens with zero attached hydrogens (tertiary/aromatic N) is 2. The monoisotopic (exact) mass is 317 g/mol. The summed E-state index contributed by atoms with van der Waals surface area (Å²) in [5, 5.41) is 13.4. The summed E-state index contributed by atoms with van der Waals surface area (Å²) >= 11 is 0. The van der Waals surface area contributed by atoms with Crippen LogP contribution in [-0.4, -0.2) is 22.1 Å². The van der Waals surface area contributed by atoms with Gasteiger partial charge in [0.15, 0.2) is 0 Å². The maximum absolute atomic E-state index is 12.3. The lowest BCUT2D eigenvalue weighted by Crippen LogP contribution is -2.25. The summed E-state index contributed by atoms with van der Waals surface area (Å²) in [7, 11) is 0. The zero-order chi connectivity index (χ0) is 16.7. The van der Waals surface area contributed by atoms with Crippen LogP contribution in [0.1, 0.15) is 34.5 Å². The first kappa shape index (κ1) is 14.8. The minimum absolute atomic E-state index is 0.0150. The zero-order valence-corrected chi connectivity index (χ0v) is 13.8. The Labute approximate surface area is 140 Å². The van der Waals surface area contributed by atoms with Crippen LogP contribution in [0.15, 0.2) is 42.6 Å². The SMILES string of the molecule is Cc1ccc(C(=O)NC2CC2)cc1-c1ccc2c(C)nncc2c1. The Morgan fingerprint density at radius 2 is 1.96 bits per heavy atom. The smallest absolute Gasteiger partial charge is 0.251 e. The third-order valence-electron chi connectivity index (χ3n) is 4.57. The molecule has 0 radical (unpaired) electrons. The Morgan fingerprint density at radius 3 is 2.75 bits per heavy atom. The van der Waals surface area contributed by atoms with Crippen LogP contribution in [0, 0.1) is 13.8 Å². The normalized spacial score (nSPS) is 13.9. The van der Waals surface area contributed by atoms with Crippen molar-refractivity contribution in [1.82, 2.24) is 15.5 Å². The number of carbonyl (C=O) groups excluding carboxylic acids is 1. The van der Waals surface area contributed by atoms with Gasteiger partial charge >= 0.3 is 0 Å². The van der Waals surface area contributed by atoms with Crippen LogP contribution in [0.25, 0.3) is 21.9 Å². The second kappa shape index (κ2) is 5.71. The molecule has 4 nitrogen and oxygen atoms in total. The van der Waals surface area contributed by atoms with Gasteiger partial charge in [-0.2, -0.15) is 10.2 Å². The molecule has 0 unspecified atom stereocenters. The van der Waals surface area contributed by atoms with E-state index in [9.17, 15) is 4.79 Å². The molecule has 1 aliphatic rings. The van der Waals surface area contributed by atoms with E-state index in [0.717, 1.165) is 46.0 Å². The van der Waals surface area contributed by atoms with E-state index in [-0.39, 0.29) is 5.91 Å². The fourth-order valence-electron chi connectivity index (χ4n) is 2.97. The Morgan fingerprint density at radius 1 is 1.12 bits per heavy atom. The molecule has 2 aromatic carbocycles. The van der Waals surface area contributed by atoms with Crippen molar-refractivity contribution in [3.8, 4) is 11.1 Å². The number of benzene rings is 2. The largest absolute Gasteiger partial charge is 0.349 e. The molecule has 0 spiro atoms. The molecule has 4 rings (SSSR count). The van der Waals surface area contributed by atoms with Crippen molar-refractivity contribution in [3.05, 3.63) is 59.4 Å². The van der Waals surface area contributed by atoms with Crippen LogP contribution < -0.4 is 5.32 Å². The van der Waals surface area contributed by atoms with E-state index in [1.165, 1.54) is 0 Å². The predicted molar refractivity (Wildman–Crippen MR) is 94.9 cm³/mol. The maximum atomic E-state index is 12.3. The van der Waals surface area contributed by atoms with Crippen LogP contribution >= 0.6 is 0 Å². The summed E-state index contributed by atoms with van der Waals surface area (Å²) in [5.41, 5.74) is 4.96. The molecule has 3 aromatic rings. The number of amides is 1. The van der Waals surface area contributed by atoms with Gasteiger partial charge in [-0.1, -0.05) is 18.2 Å². The molecular formula is C20H19N3O. The molecular weight excluding hydrogens is 298 g/mol. The van der Waals surface area contributed by atoms with E-state index in [1.54, 1.807) is 6.20 Å². The fraction of sp³-hybridized carbons (Fsp3) is 0.250. The third-order valence-corrected chi connectivity index (χ3v) is 4.57. The number of nitrogens with one attached hydrogen (secondary N) is 1. The van der Waals surface area contributed by atoms with Gasteiger partial charge in [0, 0.05) is 22.4 Å². The lowest BCUT2D eigenvalue weighted by molar-refractivity contribution is 0.0951. The van der Waals surface area contributed by atoms with E-state index in [0.29, 0.717) is 11.6 Å². The zero-order valence-electron chi connectivity index (χ0n) is 13.8. The van der Waals surface area contributed by atoms with Crippen LogP contribution in [-0.2, 0) is 0 Å². The van der Waals surface area contributed by atoms with Crippen molar-refractivity contribution in [1.29, 1.82) is 0 Å². The lowest BCUT2D eigenvalue weighted by atomic mass is 9.96. The maximum Gasteiger partial charge on any atom is 0.251 e. The molecule has 24 heavy (non-hydrogen) atoms. The molecule has 1 amide bonds. The van der Waals surface area contributed by atoms with Crippen LogP contribution in [0.4, 0.5) is 0 Å². The number of hydrogen-bond acceptors (Lipinski definition) is 3. The van der Waals surface area contributed by atoms with Gasteiger partial charge in [-0.05, 0) is 61.6 Å². The highest BCUT2D eigenvalue weighted by molar-refractivity contribution is 5.96. The molecule has 0 aliphatic heterocycles. The molecule has 0 saturated heterocycles. The van der Waals surface area contributed by atoms with Crippen molar-refractivity contribution < 1.29 is 4.79 Å². The molecule has 0 bridgehead atoms.